The highest BCUT2D eigenvalue weighted by Gasteiger charge is 2.64. The van der Waals surface area contributed by atoms with E-state index in [1.165, 1.54) is 12.1 Å². The number of aliphatic hydroxyl groups excluding tert-OH is 1. The monoisotopic (exact) mass is 609 g/mol. The number of ketones is 2. The van der Waals surface area contributed by atoms with Gasteiger partial charge in [0.2, 0.25) is 0 Å². The fourth-order valence-corrected chi connectivity index (χ4v) is 8.90. The van der Waals surface area contributed by atoms with E-state index in [2.05, 4.69) is 25.6 Å². The maximum absolute atomic E-state index is 13.6. The van der Waals surface area contributed by atoms with Gasteiger partial charge in [0.15, 0.2) is 11.6 Å². The fraction of sp³-hybridized carbons (Fsp3) is 0.576. The molecule has 1 aromatic carbocycles. The van der Waals surface area contributed by atoms with Crippen LogP contribution in [0.5, 0.6) is 5.75 Å². The van der Waals surface area contributed by atoms with Crippen LogP contribution in [0.1, 0.15) is 64.9 Å². The Labute approximate surface area is 255 Å². The van der Waals surface area contributed by atoms with Gasteiger partial charge < -0.3 is 19.4 Å². The molecule has 0 amide bonds. The molecule has 11 nitrogen and oxygen atoms in total. The zero-order valence-corrected chi connectivity index (χ0v) is 25.2. The van der Waals surface area contributed by atoms with Crippen LogP contribution in [0.25, 0.3) is 0 Å². The number of hydrogen-bond donors (Lipinski definition) is 1. The van der Waals surface area contributed by atoms with Crippen molar-refractivity contribution >= 4 is 23.5 Å². The van der Waals surface area contributed by atoms with Crippen molar-refractivity contribution < 1.29 is 43.7 Å². The van der Waals surface area contributed by atoms with E-state index in [-0.39, 0.29) is 71.8 Å². The second-order valence-electron chi connectivity index (χ2n) is 13.2. The molecule has 236 valence electrons. The normalized spacial score (nSPS) is 33.7. The summed E-state index contributed by atoms with van der Waals surface area (Å²) in [6, 6.07) is 6.06. The molecular weight excluding hydrogens is 570 g/mol. The second-order valence-corrected chi connectivity index (χ2v) is 13.2. The summed E-state index contributed by atoms with van der Waals surface area (Å²) in [4.78, 5) is 65.1. The summed E-state index contributed by atoms with van der Waals surface area (Å²) in [6.07, 6.45) is 7.08. The van der Waals surface area contributed by atoms with E-state index in [4.69, 9.17) is 9.47 Å². The topological polar surface area (TPSA) is 159 Å². The highest BCUT2D eigenvalue weighted by Crippen LogP contribution is 2.67. The average molecular weight is 610 g/mol. The second kappa shape index (κ2) is 12.3. The lowest BCUT2D eigenvalue weighted by atomic mass is 9.46. The van der Waals surface area contributed by atoms with E-state index >= 15 is 0 Å². The third-order valence-corrected chi connectivity index (χ3v) is 10.6. The number of aliphatic hydroxyl groups is 1. The Hall–Kier alpha value is -3.86. The standard InChI is InChI=1S/C33H39NO10/c1-19-13-25-24-8-7-21-15-22(35)11-12-32(21,2)31(24)26(36)16-33(25,3)30(19)27(37)18-42-28(38)9-10-29(39)44-23-6-4-5-20(14-23)17-43-34(40)41/h4-6,11-12,14-15,19,24-26,30-31,36H,7-10,13,16-18H2,1-3H3. The Morgan fingerprint density at radius 2 is 1.91 bits per heavy atom. The van der Waals surface area contributed by atoms with Gasteiger partial charge in [-0.1, -0.05) is 44.6 Å². The number of ether oxygens (including phenoxy) is 2. The van der Waals surface area contributed by atoms with Crippen LogP contribution >= 0.6 is 0 Å². The van der Waals surface area contributed by atoms with Gasteiger partial charge in [0.05, 0.1) is 18.9 Å². The molecule has 0 heterocycles. The third-order valence-electron chi connectivity index (χ3n) is 10.6. The Bertz CT molecular complexity index is 1420. The lowest BCUT2D eigenvalue weighted by molar-refractivity contribution is -0.763. The van der Waals surface area contributed by atoms with E-state index in [9.17, 15) is 34.4 Å². The lowest BCUT2D eigenvalue weighted by Crippen LogP contribution is -2.56. The minimum absolute atomic E-state index is 0.00891. The molecular formula is C33H39NO10. The minimum atomic E-state index is -0.919. The van der Waals surface area contributed by atoms with Crippen LogP contribution in [0.4, 0.5) is 0 Å². The van der Waals surface area contributed by atoms with Crippen LogP contribution in [0.15, 0.2) is 48.1 Å². The van der Waals surface area contributed by atoms with Crippen LogP contribution in [0.2, 0.25) is 0 Å². The number of nitrogens with zero attached hydrogens (tertiary/aromatic N) is 1. The molecule has 0 spiro atoms. The number of fused-ring (bicyclic) bond motifs is 5. The maximum Gasteiger partial charge on any atom is 0.311 e. The largest absolute Gasteiger partial charge is 0.458 e. The first kappa shape index (κ1) is 31.6. The highest BCUT2D eigenvalue weighted by atomic mass is 16.9. The zero-order valence-electron chi connectivity index (χ0n) is 25.2. The number of Topliss-reactive ketones (excluding diaryl/α,β-unsaturated/α-hetero) is 1. The lowest BCUT2D eigenvalue weighted by Gasteiger charge is -2.58. The van der Waals surface area contributed by atoms with Crippen LogP contribution < -0.4 is 4.74 Å². The first-order valence-electron chi connectivity index (χ1n) is 15.2. The number of carbonyl (C=O) groups is 4. The molecule has 0 radical (unpaired) electrons. The quantitative estimate of drug-likeness (QED) is 0.175. The minimum Gasteiger partial charge on any atom is -0.458 e. The van der Waals surface area contributed by atoms with Crippen molar-refractivity contribution in [2.24, 2.45) is 40.4 Å². The van der Waals surface area contributed by atoms with E-state index < -0.39 is 35.2 Å². The van der Waals surface area contributed by atoms with Crippen molar-refractivity contribution in [3.8, 4) is 5.75 Å². The Kier molecular flexibility index (Phi) is 8.80. The molecule has 0 aliphatic heterocycles. The van der Waals surface area contributed by atoms with Gasteiger partial charge in [0.1, 0.15) is 19.0 Å². The molecule has 44 heavy (non-hydrogen) atoms. The van der Waals surface area contributed by atoms with Gasteiger partial charge in [-0.3, -0.25) is 19.2 Å². The van der Waals surface area contributed by atoms with Gasteiger partial charge in [-0.05, 0) is 78.7 Å². The first-order chi connectivity index (χ1) is 20.8. The van der Waals surface area contributed by atoms with Crippen LogP contribution in [0.3, 0.4) is 0 Å². The summed E-state index contributed by atoms with van der Waals surface area (Å²) in [5.74, 6) is -1.34. The van der Waals surface area contributed by atoms with E-state index in [1.807, 2.05) is 6.08 Å². The Morgan fingerprint density at radius 3 is 2.66 bits per heavy atom. The summed E-state index contributed by atoms with van der Waals surface area (Å²) in [5.41, 5.74) is 0.690. The highest BCUT2D eigenvalue weighted by molar-refractivity contribution is 6.01. The van der Waals surface area contributed by atoms with Gasteiger partial charge in [0.25, 0.3) is 5.09 Å². The summed E-state index contributed by atoms with van der Waals surface area (Å²) in [7, 11) is 0. The Morgan fingerprint density at radius 1 is 1.16 bits per heavy atom. The maximum atomic E-state index is 13.6. The zero-order chi connectivity index (χ0) is 31.8. The molecule has 8 unspecified atom stereocenters. The molecule has 1 N–H and O–H groups in total. The fourth-order valence-electron chi connectivity index (χ4n) is 8.90. The van der Waals surface area contributed by atoms with Gasteiger partial charge in [0, 0.05) is 17.3 Å². The Balaban J connectivity index is 1.15. The summed E-state index contributed by atoms with van der Waals surface area (Å²) in [5, 5.41) is 21.0. The van der Waals surface area contributed by atoms with Crippen molar-refractivity contribution in [2.45, 2.75) is 72.0 Å². The molecule has 11 heteroatoms. The van der Waals surface area contributed by atoms with E-state index in [0.29, 0.717) is 12.0 Å². The van der Waals surface area contributed by atoms with Gasteiger partial charge in [-0.15, -0.1) is 10.1 Å². The predicted octanol–water partition coefficient (Wildman–Crippen LogP) is 4.33. The number of carbonyl (C=O) groups excluding carboxylic acids is 4. The van der Waals surface area contributed by atoms with Crippen molar-refractivity contribution in [3.05, 3.63) is 63.7 Å². The van der Waals surface area contributed by atoms with Crippen molar-refractivity contribution in [2.75, 3.05) is 6.61 Å². The third kappa shape index (κ3) is 6.06. The van der Waals surface area contributed by atoms with Crippen molar-refractivity contribution in [3.63, 3.8) is 0 Å². The smallest absolute Gasteiger partial charge is 0.311 e. The van der Waals surface area contributed by atoms with Crippen LogP contribution in [0, 0.1) is 50.5 Å². The molecule has 0 aromatic heterocycles. The molecule has 8 atom stereocenters. The van der Waals surface area contributed by atoms with E-state index in [1.54, 1.807) is 24.3 Å². The SMILES string of the molecule is CC1CC2C3CCC4=CC(=O)C=CC4(C)C3C(O)CC2(C)C1C(=O)COC(=O)CCC(=O)Oc1cccc(CO[N+](=O)[O-])c1. The predicted molar refractivity (Wildman–Crippen MR) is 155 cm³/mol. The molecule has 4 aliphatic carbocycles. The molecule has 0 saturated heterocycles. The number of esters is 2. The first-order valence-corrected chi connectivity index (χ1v) is 15.2. The van der Waals surface area contributed by atoms with Gasteiger partial charge in [-0.2, -0.15) is 0 Å². The van der Waals surface area contributed by atoms with E-state index in [0.717, 1.165) is 24.8 Å². The van der Waals surface area contributed by atoms with Crippen LogP contribution in [-0.2, 0) is 35.4 Å². The number of benzene rings is 1. The summed E-state index contributed by atoms with van der Waals surface area (Å²) in [6.45, 7) is 5.57. The van der Waals surface area contributed by atoms with Crippen molar-refractivity contribution in [1.82, 2.24) is 0 Å². The van der Waals surface area contributed by atoms with Gasteiger partial charge >= 0.3 is 11.9 Å². The summed E-state index contributed by atoms with van der Waals surface area (Å²) < 4.78 is 10.5. The van der Waals surface area contributed by atoms with Gasteiger partial charge in [-0.25, -0.2) is 0 Å². The molecule has 1 aromatic rings. The molecule has 4 aliphatic rings. The van der Waals surface area contributed by atoms with Crippen LogP contribution in [-0.4, -0.2) is 46.4 Å². The number of rotatable bonds is 10. The molecule has 0 bridgehead atoms. The number of hydrogen-bond acceptors (Lipinski definition) is 10. The molecule has 3 saturated carbocycles. The average Bonchev–Trinajstić information content (AvgIpc) is 3.23. The summed E-state index contributed by atoms with van der Waals surface area (Å²) >= 11 is 0. The number of allylic oxidation sites excluding steroid dienone is 4. The molecule has 3 fully saturated rings. The molecule has 5 rings (SSSR count). The van der Waals surface area contributed by atoms with Crippen molar-refractivity contribution in [1.29, 1.82) is 0 Å².